The van der Waals surface area contributed by atoms with Crippen LogP contribution >= 0.6 is 22.7 Å². The van der Waals surface area contributed by atoms with Gasteiger partial charge in [-0.2, -0.15) is 0 Å². The molecule has 0 aliphatic carbocycles. The molecule has 6 rings (SSSR count). The number of rotatable bonds is 5. The van der Waals surface area contributed by atoms with E-state index in [1.165, 1.54) is 29.8 Å². The number of thiophene rings is 1. The molecule has 4 aromatic rings. The molecular formula is C30H30N4O4S2. The molecule has 206 valence electrons. The lowest BCUT2D eigenvalue weighted by Crippen LogP contribution is -2.43. The van der Waals surface area contributed by atoms with Crippen LogP contribution in [0.3, 0.4) is 0 Å². The van der Waals surface area contributed by atoms with E-state index in [2.05, 4.69) is 11.9 Å². The van der Waals surface area contributed by atoms with E-state index in [9.17, 15) is 14.4 Å². The van der Waals surface area contributed by atoms with Gasteiger partial charge in [0.2, 0.25) is 5.91 Å². The molecule has 0 saturated carbocycles. The van der Waals surface area contributed by atoms with Crippen molar-refractivity contribution < 1.29 is 14.3 Å². The molecule has 0 N–H and O–H groups in total. The molecule has 1 amide bonds. The second kappa shape index (κ2) is 10.7. The van der Waals surface area contributed by atoms with Crippen LogP contribution in [-0.4, -0.2) is 45.6 Å². The highest BCUT2D eigenvalue weighted by atomic mass is 32.1. The van der Waals surface area contributed by atoms with E-state index in [1.54, 1.807) is 11.5 Å². The normalized spacial score (nSPS) is 19.6. The third-order valence-electron chi connectivity index (χ3n) is 7.77. The fourth-order valence-electron chi connectivity index (χ4n) is 5.78. The average Bonchev–Trinajstić information content (AvgIpc) is 3.67. The zero-order valence-corrected chi connectivity index (χ0v) is 24.3. The predicted octanol–water partition coefficient (Wildman–Crippen LogP) is 3.83. The number of thiazole rings is 1. The summed E-state index contributed by atoms with van der Waals surface area (Å²) >= 11 is 2.78. The molecule has 1 fully saturated rings. The van der Waals surface area contributed by atoms with Crippen LogP contribution in [0.1, 0.15) is 49.6 Å². The van der Waals surface area contributed by atoms with Gasteiger partial charge in [0, 0.05) is 40.1 Å². The predicted molar refractivity (Wildman–Crippen MR) is 157 cm³/mol. The lowest BCUT2D eigenvalue weighted by Gasteiger charge is -2.33. The zero-order chi connectivity index (χ0) is 28.0. The Labute approximate surface area is 239 Å². The number of aromatic nitrogens is 2. The first-order valence-electron chi connectivity index (χ1n) is 13.4. The van der Waals surface area contributed by atoms with Crippen LogP contribution in [0.2, 0.25) is 0 Å². The number of fused-ring (bicyclic) bond motifs is 2. The van der Waals surface area contributed by atoms with Crippen molar-refractivity contribution in [3.05, 3.63) is 89.4 Å². The number of allylic oxidation sites excluding steroid dienone is 1. The standard InChI is InChI=1S/C30H30N4O4S2/c1-18-9-6-7-13-33(18)25(35)17-32-16-20(21-10-4-5-11-22(21)32)15-24-28(36)34-27(23-12-8-14-39-23)26(29(37)38-3)19(2)31-30(34)40-24/h4-5,8,10-12,14-16,18,27H,6-7,9,13,17H2,1-3H3/t18-,27+/m1/s1. The zero-order valence-electron chi connectivity index (χ0n) is 22.6. The molecule has 40 heavy (non-hydrogen) atoms. The maximum absolute atomic E-state index is 13.9. The number of carbonyl (C=O) groups excluding carboxylic acids is 2. The minimum absolute atomic E-state index is 0.112. The van der Waals surface area contributed by atoms with Crippen molar-refractivity contribution in [2.75, 3.05) is 13.7 Å². The summed E-state index contributed by atoms with van der Waals surface area (Å²) in [7, 11) is 1.34. The number of carbonyl (C=O) groups is 2. The van der Waals surface area contributed by atoms with E-state index in [4.69, 9.17) is 4.74 Å². The third kappa shape index (κ3) is 4.54. The van der Waals surface area contributed by atoms with Gasteiger partial charge >= 0.3 is 5.97 Å². The van der Waals surface area contributed by atoms with E-state index in [0.717, 1.165) is 47.2 Å². The van der Waals surface area contributed by atoms with Gasteiger partial charge in [-0.1, -0.05) is 35.6 Å². The van der Waals surface area contributed by atoms with Gasteiger partial charge in [-0.15, -0.1) is 11.3 Å². The Morgan fingerprint density at radius 3 is 2.75 bits per heavy atom. The van der Waals surface area contributed by atoms with Crippen molar-refractivity contribution in [2.45, 2.75) is 51.7 Å². The second-order valence-electron chi connectivity index (χ2n) is 10.3. The third-order valence-corrected chi connectivity index (χ3v) is 9.68. The number of hydrogen-bond donors (Lipinski definition) is 0. The van der Waals surface area contributed by atoms with Crippen LogP contribution in [0.15, 0.2) is 69.0 Å². The molecule has 5 heterocycles. The summed E-state index contributed by atoms with van der Waals surface area (Å²) in [4.78, 5) is 48.0. The number of piperidine rings is 1. The molecule has 0 spiro atoms. The van der Waals surface area contributed by atoms with E-state index < -0.39 is 12.0 Å². The molecule has 3 aromatic heterocycles. The molecule has 2 aliphatic rings. The Morgan fingerprint density at radius 2 is 2.00 bits per heavy atom. The van der Waals surface area contributed by atoms with Gasteiger partial charge in [0.15, 0.2) is 4.80 Å². The topological polar surface area (TPSA) is 85.9 Å². The molecule has 0 bridgehead atoms. The summed E-state index contributed by atoms with van der Waals surface area (Å²) in [5.74, 6) is -0.384. The monoisotopic (exact) mass is 574 g/mol. The lowest BCUT2D eigenvalue weighted by molar-refractivity contribution is -0.137. The molecule has 2 aliphatic heterocycles. The number of benzene rings is 1. The van der Waals surface area contributed by atoms with Crippen LogP contribution < -0.4 is 14.9 Å². The maximum atomic E-state index is 13.9. The smallest absolute Gasteiger partial charge is 0.338 e. The Hall–Kier alpha value is -3.76. The number of hydrogen-bond acceptors (Lipinski definition) is 7. The summed E-state index contributed by atoms with van der Waals surface area (Å²) in [5.41, 5.74) is 2.49. The van der Waals surface area contributed by atoms with Gasteiger partial charge in [0.05, 0.1) is 22.9 Å². The van der Waals surface area contributed by atoms with Gasteiger partial charge in [0.25, 0.3) is 5.56 Å². The largest absolute Gasteiger partial charge is 0.466 e. The van der Waals surface area contributed by atoms with Crippen LogP contribution in [0.25, 0.3) is 17.0 Å². The first-order chi connectivity index (χ1) is 19.4. The van der Waals surface area contributed by atoms with Gasteiger partial charge in [-0.25, -0.2) is 9.79 Å². The summed E-state index contributed by atoms with van der Waals surface area (Å²) in [6, 6.07) is 11.4. The average molecular weight is 575 g/mol. The summed E-state index contributed by atoms with van der Waals surface area (Å²) < 4.78 is 9.17. The van der Waals surface area contributed by atoms with Crippen molar-refractivity contribution >= 4 is 51.5 Å². The Kier molecular flexibility index (Phi) is 7.06. The lowest BCUT2D eigenvalue weighted by atomic mass is 10.0. The fourth-order valence-corrected chi connectivity index (χ4v) is 7.64. The summed E-state index contributed by atoms with van der Waals surface area (Å²) in [6.45, 7) is 4.94. The van der Waals surface area contributed by atoms with Crippen LogP contribution in [0, 0.1) is 0 Å². The first-order valence-corrected chi connectivity index (χ1v) is 15.1. The number of ether oxygens (including phenoxy) is 1. The SMILES string of the molecule is COC(=O)C1=C(C)N=c2sc(=Cc3cn(CC(=O)N4CCCC[C@H]4C)c4ccccc34)c(=O)n2[C@H]1c1cccs1. The molecule has 10 heteroatoms. The number of esters is 1. The van der Waals surface area contributed by atoms with Gasteiger partial charge in [-0.3, -0.25) is 14.2 Å². The molecule has 1 saturated heterocycles. The summed E-state index contributed by atoms with van der Waals surface area (Å²) in [5, 5.41) is 2.89. The quantitative estimate of drug-likeness (QED) is 0.339. The molecule has 0 radical (unpaired) electrons. The number of likely N-dealkylation sites (tertiary alicyclic amines) is 1. The van der Waals surface area contributed by atoms with Crippen LogP contribution in [0.5, 0.6) is 0 Å². The second-order valence-corrected chi connectivity index (χ2v) is 12.2. The minimum Gasteiger partial charge on any atom is -0.466 e. The summed E-state index contributed by atoms with van der Waals surface area (Å²) in [6.07, 6.45) is 7.06. The molecular weight excluding hydrogens is 544 g/mol. The van der Waals surface area contributed by atoms with Crippen molar-refractivity contribution in [1.82, 2.24) is 14.0 Å². The molecule has 2 atom stereocenters. The first kappa shape index (κ1) is 26.5. The number of para-hydroxylation sites is 1. The maximum Gasteiger partial charge on any atom is 0.338 e. The Bertz CT molecular complexity index is 1830. The van der Waals surface area contributed by atoms with Crippen molar-refractivity contribution in [1.29, 1.82) is 0 Å². The van der Waals surface area contributed by atoms with E-state index in [1.807, 2.05) is 63.5 Å². The fraction of sp³-hybridized carbons (Fsp3) is 0.333. The van der Waals surface area contributed by atoms with Crippen LogP contribution in [-0.2, 0) is 20.9 Å². The Morgan fingerprint density at radius 1 is 1.18 bits per heavy atom. The van der Waals surface area contributed by atoms with E-state index >= 15 is 0 Å². The Balaban J connectivity index is 1.45. The van der Waals surface area contributed by atoms with Gasteiger partial charge < -0.3 is 14.2 Å². The van der Waals surface area contributed by atoms with Crippen LogP contribution in [0.4, 0.5) is 0 Å². The highest BCUT2D eigenvalue weighted by Gasteiger charge is 2.33. The van der Waals surface area contributed by atoms with Crippen molar-refractivity contribution in [3.63, 3.8) is 0 Å². The van der Waals surface area contributed by atoms with E-state index in [-0.39, 0.29) is 24.1 Å². The minimum atomic E-state index is -0.601. The molecule has 0 unspecified atom stereocenters. The van der Waals surface area contributed by atoms with Gasteiger partial charge in [-0.05, 0) is 56.7 Å². The molecule has 1 aromatic carbocycles. The molecule has 8 nitrogen and oxygen atoms in total. The van der Waals surface area contributed by atoms with Crippen molar-refractivity contribution in [3.8, 4) is 0 Å². The van der Waals surface area contributed by atoms with Gasteiger partial charge in [0.1, 0.15) is 12.6 Å². The number of methoxy groups -OCH3 is 1. The highest BCUT2D eigenvalue weighted by Crippen LogP contribution is 2.33. The number of nitrogens with zero attached hydrogens (tertiary/aromatic N) is 4. The van der Waals surface area contributed by atoms with Crippen molar-refractivity contribution in [2.24, 2.45) is 4.99 Å². The number of amides is 1. The van der Waals surface area contributed by atoms with E-state index in [0.29, 0.717) is 20.6 Å². The highest BCUT2D eigenvalue weighted by molar-refractivity contribution is 7.10.